The number of ether oxygens (including phenoxy) is 1. The van der Waals surface area contributed by atoms with Crippen molar-refractivity contribution in [2.45, 2.75) is 39.5 Å². The van der Waals surface area contributed by atoms with Gasteiger partial charge in [-0.1, -0.05) is 26.5 Å². The number of hydrogen-bond acceptors (Lipinski definition) is 3. The summed E-state index contributed by atoms with van der Waals surface area (Å²) in [6.45, 7) is 8.15. The normalized spacial score (nSPS) is 10.3. The highest BCUT2D eigenvalue weighted by Crippen LogP contribution is 2.27. The van der Waals surface area contributed by atoms with E-state index in [-0.39, 0.29) is 5.97 Å². The lowest BCUT2D eigenvalue weighted by atomic mass is 9.94. The van der Waals surface area contributed by atoms with E-state index in [9.17, 15) is 4.79 Å². The predicted molar refractivity (Wildman–Crippen MR) is 85.2 cm³/mol. The topological polar surface area (TPSA) is 35.5 Å². The van der Waals surface area contributed by atoms with Crippen molar-refractivity contribution < 1.29 is 14.0 Å². The Morgan fingerprint density at radius 3 is 2.55 bits per heavy atom. The Morgan fingerprint density at radius 2 is 2.00 bits per heavy atom. The number of hydrogen-bond donors (Lipinski definition) is 0. The van der Waals surface area contributed by atoms with Crippen molar-refractivity contribution in [2.75, 3.05) is 6.61 Å². The standard InChI is InChI=1S/C16H24O3Si/c1-4-13-12(8-7-11-18-16(17)6-3)9-10-15(19-20)14(13)5-2/h6,9-10H,3-5,7-8,11H2,1-2,20H3. The lowest BCUT2D eigenvalue weighted by molar-refractivity contribution is -0.137. The smallest absolute Gasteiger partial charge is 0.330 e. The highest BCUT2D eigenvalue weighted by atomic mass is 28.2. The van der Waals surface area contributed by atoms with E-state index in [1.165, 1.54) is 22.8 Å². The molecular weight excluding hydrogens is 268 g/mol. The summed E-state index contributed by atoms with van der Waals surface area (Å²) in [7, 11) is 0.713. The van der Waals surface area contributed by atoms with Crippen LogP contribution >= 0.6 is 0 Å². The summed E-state index contributed by atoms with van der Waals surface area (Å²) >= 11 is 0. The first-order valence-electron chi connectivity index (χ1n) is 7.14. The van der Waals surface area contributed by atoms with Crippen LogP contribution < -0.4 is 4.43 Å². The molecule has 0 saturated heterocycles. The predicted octanol–water partition coefficient (Wildman–Crippen LogP) is 2.13. The fourth-order valence-electron chi connectivity index (χ4n) is 2.47. The molecule has 0 atom stereocenters. The Morgan fingerprint density at radius 1 is 1.30 bits per heavy atom. The van der Waals surface area contributed by atoms with E-state index in [0.29, 0.717) is 17.1 Å². The molecule has 0 aliphatic heterocycles. The molecule has 0 aromatic heterocycles. The van der Waals surface area contributed by atoms with Gasteiger partial charge >= 0.3 is 5.97 Å². The molecule has 0 spiro atoms. The van der Waals surface area contributed by atoms with Crippen molar-refractivity contribution in [3.05, 3.63) is 41.5 Å². The molecule has 1 aromatic rings. The van der Waals surface area contributed by atoms with Gasteiger partial charge in [0.1, 0.15) is 5.75 Å². The first-order chi connectivity index (χ1) is 9.67. The first kappa shape index (κ1) is 16.5. The molecule has 4 heteroatoms. The SMILES string of the molecule is C=CC(=O)OCCCc1ccc(O[SiH3])c(CC)c1CC. The Hall–Kier alpha value is -1.55. The molecule has 0 saturated carbocycles. The van der Waals surface area contributed by atoms with Crippen LogP contribution in [0.5, 0.6) is 5.75 Å². The van der Waals surface area contributed by atoms with Crippen LogP contribution in [0.4, 0.5) is 0 Å². The zero-order valence-corrected chi connectivity index (χ0v) is 14.7. The van der Waals surface area contributed by atoms with Gasteiger partial charge in [-0.05, 0) is 48.4 Å². The summed E-state index contributed by atoms with van der Waals surface area (Å²) in [4.78, 5) is 11.0. The average molecular weight is 292 g/mol. The Balaban J connectivity index is 2.75. The van der Waals surface area contributed by atoms with Gasteiger partial charge in [-0.25, -0.2) is 4.79 Å². The maximum absolute atomic E-state index is 11.0. The molecular formula is C16H24O3Si. The number of benzene rings is 1. The van der Waals surface area contributed by atoms with Gasteiger partial charge in [-0.2, -0.15) is 0 Å². The molecule has 110 valence electrons. The van der Waals surface area contributed by atoms with Gasteiger partial charge in [0.25, 0.3) is 0 Å². The highest BCUT2D eigenvalue weighted by molar-refractivity contribution is 6.00. The van der Waals surface area contributed by atoms with E-state index in [0.717, 1.165) is 31.4 Å². The Bertz CT molecular complexity index is 469. The largest absolute Gasteiger partial charge is 0.553 e. The van der Waals surface area contributed by atoms with Crippen molar-refractivity contribution in [1.29, 1.82) is 0 Å². The van der Waals surface area contributed by atoms with Crippen LogP contribution in [-0.4, -0.2) is 23.1 Å². The van der Waals surface area contributed by atoms with Gasteiger partial charge in [-0.3, -0.25) is 0 Å². The minimum atomic E-state index is -0.352. The van der Waals surface area contributed by atoms with E-state index in [1.807, 2.05) is 0 Å². The summed E-state index contributed by atoms with van der Waals surface area (Å²) < 4.78 is 10.6. The molecule has 20 heavy (non-hydrogen) atoms. The molecule has 0 unspecified atom stereocenters. The number of esters is 1. The van der Waals surface area contributed by atoms with E-state index in [1.54, 1.807) is 0 Å². The molecule has 0 aliphatic carbocycles. The van der Waals surface area contributed by atoms with Crippen LogP contribution in [0.3, 0.4) is 0 Å². The fourth-order valence-corrected chi connectivity index (χ4v) is 2.85. The van der Waals surface area contributed by atoms with Crippen molar-refractivity contribution in [2.24, 2.45) is 0 Å². The molecule has 0 fully saturated rings. The van der Waals surface area contributed by atoms with Crippen LogP contribution in [0, 0.1) is 0 Å². The molecule has 0 N–H and O–H groups in total. The summed E-state index contributed by atoms with van der Waals surface area (Å²) in [6, 6.07) is 4.20. The Labute approximate surface area is 124 Å². The van der Waals surface area contributed by atoms with Gasteiger partial charge in [-0.15, -0.1) is 0 Å². The number of aryl methyl sites for hydroxylation is 1. The van der Waals surface area contributed by atoms with Crippen LogP contribution in [0.25, 0.3) is 0 Å². The summed E-state index contributed by atoms with van der Waals surface area (Å²) in [5.74, 6) is 0.674. The van der Waals surface area contributed by atoms with Crippen LogP contribution in [0.1, 0.15) is 37.0 Å². The third-order valence-corrected chi connectivity index (χ3v) is 3.85. The summed E-state index contributed by atoms with van der Waals surface area (Å²) in [6.07, 6.45) is 4.94. The molecule has 0 amide bonds. The minimum Gasteiger partial charge on any atom is -0.553 e. The highest BCUT2D eigenvalue weighted by Gasteiger charge is 2.10. The zero-order valence-electron chi connectivity index (χ0n) is 12.7. The van der Waals surface area contributed by atoms with Gasteiger partial charge in [0.05, 0.1) is 6.61 Å². The molecule has 0 aliphatic rings. The fraction of sp³-hybridized carbons (Fsp3) is 0.438. The summed E-state index contributed by atoms with van der Waals surface area (Å²) in [5, 5.41) is 0. The van der Waals surface area contributed by atoms with Crippen molar-refractivity contribution >= 4 is 16.5 Å². The Kier molecular flexibility index (Phi) is 7.08. The van der Waals surface area contributed by atoms with Crippen LogP contribution in [0.2, 0.25) is 0 Å². The molecule has 0 heterocycles. The van der Waals surface area contributed by atoms with Gasteiger partial charge in [0.2, 0.25) is 10.5 Å². The van der Waals surface area contributed by atoms with Crippen LogP contribution in [0.15, 0.2) is 24.8 Å². The average Bonchev–Trinajstić information content (AvgIpc) is 2.49. The lowest BCUT2D eigenvalue weighted by Crippen LogP contribution is -2.06. The van der Waals surface area contributed by atoms with E-state index >= 15 is 0 Å². The van der Waals surface area contributed by atoms with Crippen molar-refractivity contribution in [3.8, 4) is 5.75 Å². The van der Waals surface area contributed by atoms with Gasteiger partial charge < -0.3 is 9.16 Å². The molecule has 0 radical (unpaired) electrons. The lowest BCUT2D eigenvalue weighted by Gasteiger charge is -2.16. The number of carbonyl (C=O) groups excluding carboxylic acids is 1. The van der Waals surface area contributed by atoms with E-state index < -0.39 is 0 Å². The maximum Gasteiger partial charge on any atom is 0.330 e. The number of carbonyl (C=O) groups is 1. The second-order valence-corrected chi connectivity index (χ2v) is 4.97. The van der Waals surface area contributed by atoms with Gasteiger partial charge in [0.15, 0.2) is 0 Å². The second kappa shape index (κ2) is 8.58. The van der Waals surface area contributed by atoms with Crippen molar-refractivity contribution in [3.63, 3.8) is 0 Å². The van der Waals surface area contributed by atoms with E-state index in [2.05, 4.69) is 32.6 Å². The first-order valence-corrected chi connectivity index (χ1v) is 7.96. The molecule has 3 nitrogen and oxygen atoms in total. The second-order valence-electron chi connectivity index (χ2n) is 4.57. The monoisotopic (exact) mass is 292 g/mol. The van der Waals surface area contributed by atoms with Gasteiger partial charge in [0, 0.05) is 6.08 Å². The van der Waals surface area contributed by atoms with Crippen molar-refractivity contribution in [1.82, 2.24) is 0 Å². The molecule has 0 bridgehead atoms. The van der Waals surface area contributed by atoms with Crippen LogP contribution in [-0.2, 0) is 28.8 Å². The number of rotatable bonds is 8. The summed E-state index contributed by atoms with van der Waals surface area (Å²) in [5.41, 5.74) is 4.04. The molecule has 1 rings (SSSR count). The third-order valence-electron chi connectivity index (χ3n) is 3.41. The molecule has 1 aromatic carbocycles. The maximum atomic E-state index is 11.0. The minimum absolute atomic E-state index is 0.352. The third kappa shape index (κ3) is 4.23. The van der Waals surface area contributed by atoms with E-state index in [4.69, 9.17) is 9.16 Å². The quantitative estimate of drug-likeness (QED) is 0.319. The zero-order chi connectivity index (χ0) is 15.0.